The molecule has 0 saturated heterocycles. The summed E-state index contributed by atoms with van der Waals surface area (Å²) in [4.78, 5) is 0. The second-order valence-corrected chi connectivity index (χ2v) is 4.26. The maximum Gasteiger partial charge on any atom is 0.119 e. The van der Waals surface area contributed by atoms with E-state index in [4.69, 9.17) is 4.74 Å². The van der Waals surface area contributed by atoms with Crippen LogP contribution in [0.15, 0.2) is 54.6 Å². The molecule has 0 fully saturated rings. The molecule has 0 aliphatic carbocycles. The highest BCUT2D eigenvalue weighted by Crippen LogP contribution is 2.15. The molecule has 0 bridgehead atoms. The summed E-state index contributed by atoms with van der Waals surface area (Å²) < 4.78 is 5.59. The highest BCUT2D eigenvalue weighted by molar-refractivity contribution is 5.31. The minimum atomic E-state index is 0.703. The second kappa shape index (κ2) is 6.82. The Morgan fingerprint density at radius 3 is 2.22 bits per heavy atom. The molecule has 94 valence electrons. The fraction of sp³-hybridized carbons (Fsp3) is 0.250. The Morgan fingerprint density at radius 2 is 1.56 bits per heavy atom. The van der Waals surface area contributed by atoms with Gasteiger partial charge in [0.1, 0.15) is 12.4 Å². The quantitative estimate of drug-likeness (QED) is 0.785. The molecule has 2 aromatic rings. The third-order valence-electron chi connectivity index (χ3n) is 2.80. The fourth-order valence-corrected chi connectivity index (χ4v) is 1.81. The minimum Gasteiger partial charge on any atom is -0.492 e. The molecule has 0 amide bonds. The molecule has 0 spiro atoms. The average Bonchev–Trinajstić information content (AvgIpc) is 2.42. The zero-order valence-corrected chi connectivity index (χ0v) is 10.7. The zero-order chi connectivity index (χ0) is 12.6. The van der Waals surface area contributed by atoms with E-state index in [0.717, 1.165) is 18.7 Å². The molecule has 2 aromatic carbocycles. The summed E-state index contributed by atoms with van der Waals surface area (Å²) in [6.45, 7) is 1.57. The molecule has 18 heavy (non-hydrogen) atoms. The van der Waals surface area contributed by atoms with E-state index >= 15 is 0 Å². The van der Waals surface area contributed by atoms with E-state index in [-0.39, 0.29) is 0 Å². The maximum absolute atomic E-state index is 5.59. The lowest BCUT2D eigenvalue weighted by atomic mass is 10.1. The molecule has 2 nitrogen and oxygen atoms in total. The summed E-state index contributed by atoms with van der Waals surface area (Å²) in [5.41, 5.74) is 2.64. The molecule has 0 atom stereocenters. The third kappa shape index (κ3) is 3.90. The lowest BCUT2D eigenvalue weighted by Crippen LogP contribution is -2.15. The van der Waals surface area contributed by atoms with E-state index in [0.29, 0.717) is 6.61 Å². The average molecular weight is 241 g/mol. The van der Waals surface area contributed by atoms with Crippen LogP contribution in [0.1, 0.15) is 11.1 Å². The van der Waals surface area contributed by atoms with Crippen molar-refractivity contribution in [1.82, 2.24) is 5.32 Å². The molecule has 2 heteroatoms. The smallest absolute Gasteiger partial charge is 0.119 e. The monoisotopic (exact) mass is 241 g/mol. The Morgan fingerprint density at radius 1 is 0.889 bits per heavy atom. The second-order valence-electron chi connectivity index (χ2n) is 4.26. The lowest BCUT2D eigenvalue weighted by Gasteiger charge is -2.07. The highest BCUT2D eigenvalue weighted by Gasteiger charge is 1.97. The van der Waals surface area contributed by atoms with Crippen molar-refractivity contribution in [3.63, 3.8) is 0 Å². The first-order valence-corrected chi connectivity index (χ1v) is 6.29. The van der Waals surface area contributed by atoms with Crippen molar-refractivity contribution in [1.29, 1.82) is 0 Å². The summed E-state index contributed by atoms with van der Waals surface area (Å²) >= 11 is 0. The predicted molar refractivity (Wildman–Crippen MR) is 75.1 cm³/mol. The van der Waals surface area contributed by atoms with Crippen LogP contribution in [0.2, 0.25) is 0 Å². The Bertz CT molecular complexity index is 450. The number of rotatable bonds is 6. The molecule has 2 rings (SSSR count). The zero-order valence-electron chi connectivity index (χ0n) is 10.7. The van der Waals surface area contributed by atoms with Crippen LogP contribution in [0.3, 0.4) is 0 Å². The van der Waals surface area contributed by atoms with Gasteiger partial charge in [-0.3, -0.25) is 0 Å². The van der Waals surface area contributed by atoms with Crippen molar-refractivity contribution in [3.8, 4) is 5.75 Å². The van der Waals surface area contributed by atoms with Gasteiger partial charge < -0.3 is 10.1 Å². The van der Waals surface area contributed by atoms with Gasteiger partial charge in [-0.05, 0) is 36.7 Å². The Balaban J connectivity index is 1.91. The van der Waals surface area contributed by atoms with Crippen LogP contribution in [0.25, 0.3) is 0 Å². The van der Waals surface area contributed by atoms with Crippen molar-refractivity contribution in [2.24, 2.45) is 0 Å². The van der Waals surface area contributed by atoms with E-state index in [1.165, 1.54) is 11.1 Å². The van der Waals surface area contributed by atoms with Gasteiger partial charge in [-0.15, -0.1) is 0 Å². The first-order chi connectivity index (χ1) is 8.88. The van der Waals surface area contributed by atoms with Gasteiger partial charge in [-0.1, -0.05) is 42.5 Å². The summed E-state index contributed by atoms with van der Waals surface area (Å²) in [7, 11) is 1.92. The van der Waals surface area contributed by atoms with E-state index in [1.807, 2.05) is 25.2 Å². The fourth-order valence-electron chi connectivity index (χ4n) is 1.81. The van der Waals surface area contributed by atoms with Gasteiger partial charge in [-0.25, -0.2) is 0 Å². The van der Waals surface area contributed by atoms with E-state index in [2.05, 4.69) is 41.7 Å². The third-order valence-corrected chi connectivity index (χ3v) is 2.80. The number of ether oxygens (including phenoxy) is 1. The minimum absolute atomic E-state index is 0.703. The number of nitrogens with one attached hydrogen (secondary N) is 1. The van der Waals surface area contributed by atoms with Crippen LogP contribution in [-0.2, 0) is 6.42 Å². The van der Waals surface area contributed by atoms with Gasteiger partial charge in [0.15, 0.2) is 0 Å². The molecule has 0 aliphatic heterocycles. The van der Waals surface area contributed by atoms with E-state index in [1.54, 1.807) is 0 Å². The Hall–Kier alpha value is -1.80. The summed E-state index contributed by atoms with van der Waals surface area (Å²) in [6, 6.07) is 18.8. The van der Waals surface area contributed by atoms with Crippen molar-refractivity contribution in [2.45, 2.75) is 6.42 Å². The number of hydrogen-bond acceptors (Lipinski definition) is 2. The van der Waals surface area contributed by atoms with Gasteiger partial charge in [0.2, 0.25) is 0 Å². The summed E-state index contributed by atoms with van der Waals surface area (Å²) in [5.74, 6) is 0.932. The highest BCUT2D eigenvalue weighted by atomic mass is 16.5. The number of hydrogen-bond donors (Lipinski definition) is 1. The van der Waals surface area contributed by atoms with Crippen molar-refractivity contribution in [2.75, 3.05) is 20.2 Å². The molecular formula is C16H19NO. The predicted octanol–water partition coefficient (Wildman–Crippen LogP) is 2.88. The largest absolute Gasteiger partial charge is 0.492 e. The number of benzene rings is 2. The molecule has 0 heterocycles. The van der Waals surface area contributed by atoms with Crippen LogP contribution in [0.5, 0.6) is 5.75 Å². The molecule has 1 N–H and O–H groups in total. The number of likely N-dealkylation sites (N-methyl/N-ethyl adjacent to an activating group) is 1. The first kappa shape index (κ1) is 12.7. The van der Waals surface area contributed by atoms with Gasteiger partial charge in [0.25, 0.3) is 0 Å². The van der Waals surface area contributed by atoms with E-state index in [9.17, 15) is 0 Å². The van der Waals surface area contributed by atoms with Crippen LogP contribution in [-0.4, -0.2) is 20.2 Å². The molecule has 0 unspecified atom stereocenters. The van der Waals surface area contributed by atoms with Crippen LogP contribution in [0.4, 0.5) is 0 Å². The summed E-state index contributed by atoms with van der Waals surface area (Å²) in [6.07, 6.45) is 0.970. The maximum atomic E-state index is 5.59. The molecule has 0 radical (unpaired) electrons. The molecule has 0 aliphatic rings. The van der Waals surface area contributed by atoms with Crippen molar-refractivity contribution < 1.29 is 4.74 Å². The van der Waals surface area contributed by atoms with E-state index < -0.39 is 0 Å². The lowest BCUT2D eigenvalue weighted by molar-refractivity contribution is 0.318. The van der Waals surface area contributed by atoms with Gasteiger partial charge >= 0.3 is 0 Å². The Kier molecular flexibility index (Phi) is 4.79. The van der Waals surface area contributed by atoms with Crippen LogP contribution >= 0.6 is 0 Å². The normalized spacial score (nSPS) is 10.3. The van der Waals surface area contributed by atoms with Gasteiger partial charge in [0, 0.05) is 6.54 Å². The standard InChI is InChI=1S/C16H19NO/c1-17-11-12-18-16-9-7-15(8-10-16)13-14-5-3-2-4-6-14/h2-10,17H,11-13H2,1H3. The van der Waals surface area contributed by atoms with Crippen molar-refractivity contribution >= 4 is 0 Å². The Labute approximate surface area is 109 Å². The molecule has 0 aromatic heterocycles. The van der Waals surface area contributed by atoms with Gasteiger partial charge in [-0.2, -0.15) is 0 Å². The SMILES string of the molecule is CNCCOc1ccc(Cc2ccccc2)cc1. The summed E-state index contributed by atoms with van der Waals surface area (Å²) in [5, 5.41) is 3.06. The first-order valence-electron chi connectivity index (χ1n) is 6.29. The van der Waals surface area contributed by atoms with Crippen LogP contribution in [0, 0.1) is 0 Å². The molecular weight excluding hydrogens is 222 g/mol. The molecule has 0 saturated carbocycles. The van der Waals surface area contributed by atoms with Crippen LogP contribution < -0.4 is 10.1 Å². The van der Waals surface area contributed by atoms with Crippen molar-refractivity contribution in [3.05, 3.63) is 65.7 Å². The van der Waals surface area contributed by atoms with Gasteiger partial charge in [0.05, 0.1) is 0 Å². The topological polar surface area (TPSA) is 21.3 Å².